The molecule has 1 amide bonds. The number of nitrogens with one attached hydrogen (secondary N) is 1. The zero-order valence-corrected chi connectivity index (χ0v) is 14.6. The number of hydrogen-bond donors (Lipinski definition) is 1. The highest BCUT2D eigenvalue weighted by atomic mass is 32.2. The molecule has 1 atom stereocenters. The van der Waals surface area contributed by atoms with Crippen LogP contribution in [0.4, 0.5) is 0 Å². The molecule has 1 aromatic carbocycles. The fourth-order valence-electron chi connectivity index (χ4n) is 2.23. The molecule has 0 aliphatic rings. The van der Waals surface area contributed by atoms with Gasteiger partial charge in [-0.3, -0.25) is 4.79 Å². The van der Waals surface area contributed by atoms with Gasteiger partial charge in [-0.1, -0.05) is 30.0 Å². The highest BCUT2D eigenvalue weighted by Gasteiger charge is 2.12. The van der Waals surface area contributed by atoms with Crippen LogP contribution in [0.2, 0.25) is 0 Å². The monoisotopic (exact) mass is 343 g/mol. The molecule has 0 aliphatic heterocycles. The second kappa shape index (κ2) is 7.10. The van der Waals surface area contributed by atoms with Crippen molar-refractivity contribution in [3.8, 4) is 0 Å². The highest BCUT2D eigenvalue weighted by molar-refractivity contribution is 7.99. The third kappa shape index (κ3) is 3.89. The summed E-state index contributed by atoms with van der Waals surface area (Å²) in [6.07, 6.45) is 0. The van der Waals surface area contributed by atoms with Crippen molar-refractivity contribution in [3.63, 3.8) is 0 Å². The average Bonchev–Trinajstić information content (AvgIpc) is 3.07. The number of aromatic nitrogens is 2. The summed E-state index contributed by atoms with van der Waals surface area (Å²) in [7, 11) is 0. The lowest BCUT2D eigenvalue weighted by atomic mass is 10.3. The Balaban J connectivity index is 1.63. The Morgan fingerprint density at radius 2 is 1.96 bits per heavy atom. The summed E-state index contributed by atoms with van der Waals surface area (Å²) < 4.78 is 0. The van der Waals surface area contributed by atoms with E-state index in [1.807, 2.05) is 55.6 Å². The molecule has 3 aromatic rings. The zero-order chi connectivity index (χ0) is 16.2. The molecule has 3 rings (SSSR count). The van der Waals surface area contributed by atoms with Crippen molar-refractivity contribution in [1.29, 1.82) is 0 Å². The number of carbonyl (C=O) groups excluding carboxylic acids is 1. The van der Waals surface area contributed by atoms with Crippen molar-refractivity contribution < 1.29 is 4.79 Å². The first-order chi connectivity index (χ1) is 11.1. The van der Waals surface area contributed by atoms with E-state index in [0.717, 1.165) is 26.6 Å². The Hall–Kier alpha value is -1.92. The molecule has 0 fully saturated rings. The second-order valence-electron chi connectivity index (χ2n) is 5.20. The smallest absolute Gasteiger partial charge is 0.230 e. The predicted octanol–water partition coefficient (Wildman–Crippen LogP) is 3.97. The maximum absolute atomic E-state index is 12.1. The summed E-state index contributed by atoms with van der Waals surface area (Å²) in [5.41, 5.74) is 2.59. The molecule has 2 aromatic heterocycles. The van der Waals surface area contributed by atoms with Gasteiger partial charge in [-0.2, -0.15) is 0 Å². The quantitative estimate of drug-likeness (QED) is 0.712. The van der Waals surface area contributed by atoms with E-state index < -0.39 is 0 Å². The van der Waals surface area contributed by atoms with Crippen LogP contribution in [0.3, 0.4) is 0 Å². The molecule has 2 heterocycles. The Kier molecular flexibility index (Phi) is 4.93. The number of nitrogens with zero attached hydrogens (tertiary/aromatic N) is 2. The molecule has 0 radical (unpaired) electrons. The SMILES string of the molecule is Cc1nc2ccccc2nc1SCC(=O)NC(C)c1cccs1. The van der Waals surface area contributed by atoms with Gasteiger partial charge in [0.2, 0.25) is 5.91 Å². The summed E-state index contributed by atoms with van der Waals surface area (Å²) in [6.45, 7) is 3.92. The lowest BCUT2D eigenvalue weighted by molar-refractivity contribution is -0.119. The van der Waals surface area contributed by atoms with Crippen molar-refractivity contribution >= 4 is 40.0 Å². The van der Waals surface area contributed by atoms with Gasteiger partial charge in [0.15, 0.2) is 0 Å². The number of carbonyl (C=O) groups is 1. The van der Waals surface area contributed by atoms with E-state index in [9.17, 15) is 4.79 Å². The fourth-order valence-corrected chi connectivity index (χ4v) is 3.74. The molecule has 6 heteroatoms. The van der Waals surface area contributed by atoms with Crippen LogP contribution in [-0.2, 0) is 4.79 Å². The standard InChI is InChI=1S/C17H17N3OS2/c1-11(15-8-5-9-22-15)19-16(21)10-23-17-12(2)18-13-6-3-4-7-14(13)20-17/h3-9,11H,10H2,1-2H3,(H,19,21). The average molecular weight is 343 g/mol. The number of fused-ring (bicyclic) bond motifs is 1. The van der Waals surface area contributed by atoms with Crippen LogP contribution in [0.25, 0.3) is 11.0 Å². The Bertz CT molecular complexity index is 818. The first kappa shape index (κ1) is 16.0. The molecule has 0 aliphatic carbocycles. The van der Waals surface area contributed by atoms with Gasteiger partial charge >= 0.3 is 0 Å². The van der Waals surface area contributed by atoms with Crippen molar-refractivity contribution in [2.45, 2.75) is 24.9 Å². The fraction of sp³-hybridized carbons (Fsp3) is 0.235. The van der Waals surface area contributed by atoms with E-state index in [1.165, 1.54) is 11.8 Å². The largest absolute Gasteiger partial charge is 0.348 e. The number of hydrogen-bond acceptors (Lipinski definition) is 5. The van der Waals surface area contributed by atoms with Crippen LogP contribution < -0.4 is 5.32 Å². The van der Waals surface area contributed by atoms with Gasteiger partial charge in [-0.15, -0.1) is 11.3 Å². The minimum Gasteiger partial charge on any atom is -0.348 e. The molecule has 118 valence electrons. The van der Waals surface area contributed by atoms with E-state index in [4.69, 9.17) is 0 Å². The van der Waals surface area contributed by atoms with Gasteiger partial charge in [0, 0.05) is 4.88 Å². The third-order valence-electron chi connectivity index (χ3n) is 3.39. The molecule has 0 spiro atoms. The number of thiophene rings is 1. The maximum atomic E-state index is 12.1. The third-order valence-corrected chi connectivity index (χ3v) is 5.51. The normalized spacial score (nSPS) is 12.3. The molecule has 4 nitrogen and oxygen atoms in total. The molecular weight excluding hydrogens is 326 g/mol. The molecular formula is C17H17N3OS2. The maximum Gasteiger partial charge on any atom is 0.230 e. The summed E-state index contributed by atoms with van der Waals surface area (Å²) in [6, 6.07) is 11.8. The van der Waals surface area contributed by atoms with Crippen LogP contribution in [-0.4, -0.2) is 21.6 Å². The predicted molar refractivity (Wildman–Crippen MR) is 95.9 cm³/mol. The summed E-state index contributed by atoms with van der Waals surface area (Å²) in [5, 5.41) is 5.83. The van der Waals surface area contributed by atoms with Gasteiger partial charge in [-0.25, -0.2) is 9.97 Å². The Labute approximate surface area is 143 Å². The van der Waals surface area contributed by atoms with Crippen molar-refractivity contribution in [3.05, 3.63) is 52.3 Å². The number of aryl methyl sites for hydroxylation is 1. The first-order valence-electron chi connectivity index (χ1n) is 7.32. The van der Waals surface area contributed by atoms with Crippen molar-refractivity contribution in [2.24, 2.45) is 0 Å². The molecule has 0 bridgehead atoms. The minimum absolute atomic E-state index is 0.00487. The van der Waals surface area contributed by atoms with E-state index in [2.05, 4.69) is 15.3 Å². The van der Waals surface area contributed by atoms with E-state index in [0.29, 0.717) is 5.75 Å². The number of rotatable bonds is 5. The van der Waals surface area contributed by atoms with E-state index >= 15 is 0 Å². The van der Waals surface area contributed by atoms with E-state index in [1.54, 1.807) is 11.3 Å². The number of para-hydroxylation sites is 2. The minimum atomic E-state index is 0.00487. The molecule has 0 saturated carbocycles. The lowest BCUT2D eigenvalue weighted by Gasteiger charge is -2.12. The van der Waals surface area contributed by atoms with Gasteiger partial charge < -0.3 is 5.32 Å². The van der Waals surface area contributed by atoms with Gasteiger partial charge in [-0.05, 0) is 37.4 Å². The first-order valence-corrected chi connectivity index (χ1v) is 9.19. The van der Waals surface area contributed by atoms with Gasteiger partial charge in [0.1, 0.15) is 5.03 Å². The van der Waals surface area contributed by atoms with Crippen LogP contribution in [0, 0.1) is 6.92 Å². The highest BCUT2D eigenvalue weighted by Crippen LogP contribution is 2.22. The molecule has 23 heavy (non-hydrogen) atoms. The number of benzene rings is 1. The summed E-state index contributed by atoms with van der Waals surface area (Å²) in [4.78, 5) is 22.4. The Morgan fingerprint density at radius 3 is 2.65 bits per heavy atom. The van der Waals surface area contributed by atoms with E-state index in [-0.39, 0.29) is 11.9 Å². The zero-order valence-electron chi connectivity index (χ0n) is 12.9. The summed E-state index contributed by atoms with van der Waals surface area (Å²) in [5.74, 6) is 0.342. The number of amides is 1. The van der Waals surface area contributed by atoms with Crippen LogP contribution >= 0.6 is 23.1 Å². The van der Waals surface area contributed by atoms with Crippen molar-refractivity contribution in [1.82, 2.24) is 15.3 Å². The van der Waals surface area contributed by atoms with Crippen molar-refractivity contribution in [2.75, 3.05) is 5.75 Å². The van der Waals surface area contributed by atoms with Gasteiger partial charge in [0.25, 0.3) is 0 Å². The lowest BCUT2D eigenvalue weighted by Crippen LogP contribution is -2.27. The Morgan fingerprint density at radius 1 is 1.22 bits per heavy atom. The number of thioether (sulfide) groups is 1. The van der Waals surface area contributed by atoms with Gasteiger partial charge in [0.05, 0.1) is 28.5 Å². The van der Waals surface area contributed by atoms with Crippen LogP contribution in [0.15, 0.2) is 46.8 Å². The summed E-state index contributed by atoms with van der Waals surface area (Å²) >= 11 is 3.07. The molecule has 1 unspecified atom stereocenters. The molecule has 0 saturated heterocycles. The van der Waals surface area contributed by atoms with Crippen LogP contribution in [0.1, 0.15) is 23.5 Å². The molecule has 1 N–H and O–H groups in total. The van der Waals surface area contributed by atoms with Crippen LogP contribution in [0.5, 0.6) is 0 Å². The topological polar surface area (TPSA) is 54.9 Å². The second-order valence-corrected chi connectivity index (χ2v) is 7.14.